The average molecular weight is 416 g/mol. The Morgan fingerprint density at radius 3 is 2.73 bits per heavy atom. The third-order valence-corrected chi connectivity index (χ3v) is 6.82. The molecule has 0 unspecified atom stereocenters. The van der Waals surface area contributed by atoms with Crippen LogP contribution in [0.4, 0.5) is 0 Å². The molecule has 4 aromatic rings. The maximum Gasteiger partial charge on any atom is 0.264 e. The molecule has 2 aromatic carbocycles. The smallest absolute Gasteiger partial charge is 0.264 e. The van der Waals surface area contributed by atoms with Crippen molar-refractivity contribution in [2.24, 2.45) is 0 Å². The van der Waals surface area contributed by atoms with Gasteiger partial charge in [-0.25, -0.2) is 4.98 Å². The number of thiophene rings is 1. The van der Waals surface area contributed by atoms with Gasteiger partial charge in [0.05, 0.1) is 22.3 Å². The molecular weight excluding hydrogens is 394 g/mol. The predicted molar refractivity (Wildman–Crippen MR) is 120 cm³/mol. The molecule has 150 valence electrons. The fourth-order valence-electron chi connectivity index (χ4n) is 4.05. The number of hydrogen-bond donors (Lipinski definition) is 1. The summed E-state index contributed by atoms with van der Waals surface area (Å²) in [7, 11) is 0. The standard InChI is InChI=1S/C24H21N3O2S/c1-2-27(14-21-25-19-10-6-5-9-18(19)23(28)26-21)24(29)20-13-16-12-11-15-7-3-4-8-17(15)22(16)30-20/h3-10,13H,2,11-12,14H2,1H3,(H,25,26,28). The molecule has 2 heterocycles. The second-order valence-corrected chi connectivity index (χ2v) is 8.52. The molecule has 0 fully saturated rings. The van der Waals surface area contributed by atoms with E-state index in [-0.39, 0.29) is 18.0 Å². The second-order valence-electron chi connectivity index (χ2n) is 7.47. The van der Waals surface area contributed by atoms with Gasteiger partial charge < -0.3 is 9.88 Å². The number of carbonyl (C=O) groups is 1. The fraction of sp³-hybridized carbons (Fsp3) is 0.208. The lowest BCUT2D eigenvalue weighted by Gasteiger charge is -2.19. The number of amides is 1. The quantitative estimate of drug-likeness (QED) is 0.537. The van der Waals surface area contributed by atoms with Gasteiger partial charge in [-0.3, -0.25) is 9.59 Å². The molecule has 0 radical (unpaired) electrons. The summed E-state index contributed by atoms with van der Waals surface area (Å²) >= 11 is 1.56. The summed E-state index contributed by atoms with van der Waals surface area (Å²) in [5.41, 5.74) is 4.29. The van der Waals surface area contributed by atoms with Crippen LogP contribution in [0.25, 0.3) is 21.3 Å². The summed E-state index contributed by atoms with van der Waals surface area (Å²) in [6.07, 6.45) is 1.97. The van der Waals surface area contributed by atoms with Crippen LogP contribution in [-0.2, 0) is 19.4 Å². The zero-order valence-corrected chi connectivity index (χ0v) is 17.5. The molecule has 0 bridgehead atoms. The van der Waals surface area contributed by atoms with E-state index in [1.54, 1.807) is 22.3 Å². The van der Waals surface area contributed by atoms with E-state index in [0.29, 0.717) is 23.3 Å². The van der Waals surface area contributed by atoms with Crippen molar-refractivity contribution >= 4 is 28.1 Å². The third kappa shape index (κ3) is 3.23. The average Bonchev–Trinajstić information content (AvgIpc) is 3.22. The first-order chi connectivity index (χ1) is 14.6. The Hall–Kier alpha value is -3.25. The number of nitrogens with zero attached hydrogens (tertiary/aromatic N) is 2. The summed E-state index contributed by atoms with van der Waals surface area (Å²) in [5, 5.41) is 0.556. The molecule has 0 atom stereocenters. The highest BCUT2D eigenvalue weighted by Gasteiger charge is 2.24. The van der Waals surface area contributed by atoms with Gasteiger partial charge in [0.25, 0.3) is 11.5 Å². The van der Waals surface area contributed by atoms with Crippen molar-refractivity contribution in [3.63, 3.8) is 0 Å². The largest absolute Gasteiger partial charge is 0.331 e. The number of carbonyl (C=O) groups excluding carboxylic acids is 1. The number of hydrogen-bond acceptors (Lipinski definition) is 4. The molecule has 0 aliphatic heterocycles. The Morgan fingerprint density at radius 2 is 1.87 bits per heavy atom. The Balaban J connectivity index is 1.45. The van der Waals surface area contributed by atoms with Crippen LogP contribution in [-0.4, -0.2) is 27.3 Å². The van der Waals surface area contributed by atoms with Crippen molar-refractivity contribution < 1.29 is 4.79 Å². The minimum absolute atomic E-state index is 0.0230. The number of aromatic nitrogens is 2. The molecule has 1 aliphatic rings. The number of H-pyrrole nitrogens is 1. The second kappa shape index (κ2) is 7.54. The Kier molecular flexibility index (Phi) is 4.71. The summed E-state index contributed by atoms with van der Waals surface area (Å²) < 4.78 is 0. The Bertz CT molecular complexity index is 1320. The SMILES string of the molecule is CCN(Cc1nc2ccccc2c(=O)[nH]1)C(=O)c1cc2c(s1)-c1ccccc1CC2. The van der Waals surface area contributed by atoms with Gasteiger partial charge in [0, 0.05) is 11.4 Å². The van der Waals surface area contributed by atoms with Crippen LogP contribution >= 0.6 is 11.3 Å². The molecule has 1 aliphatic carbocycles. The van der Waals surface area contributed by atoms with Crippen LogP contribution in [0.2, 0.25) is 0 Å². The van der Waals surface area contributed by atoms with E-state index in [1.165, 1.54) is 21.6 Å². The minimum atomic E-state index is -0.178. The van der Waals surface area contributed by atoms with E-state index in [2.05, 4.69) is 34.2 Å². The lowest BCUT2D eigenvalue weighted by atomic mass is 9.91. The minimum Gasteiger partial charge on any atom is -0.331 e. The molecule has 0 spiro atoms. The molecule has 2 aromatic heterocycles. The molecule has 5 nitrogen and oxygen atoms in total. The van der Waals surface area contributed by atoms with Crippen LogP contribution in [0.3, 0.4) is 0 Å². The summed E-state index contributed by atoms with van der Waals surface area (Å²) in [5.74, 6) is 0.478. The van der Waals surface area contributed by atoms with Gasteiger partial charge in [0.15, 0.2) is 0 Å². The fourth-order valence-corrected chi connectivity index (χ4v) is 5.29. The molecule has 5 rings (SSSR count). The molecule has 1 N–H and O–H groups in total. The maximum absolute atomic E-state index is 13.3. The van der Waals surface area contributed by atoms with Crippen LogP contribution in [0.5, 0.6) is 0 Å². The first-order valence-electron chi connectivity index (χ1n) is 10.1. The number of aryl methyl sites for hydroxylation is 2. The summed E-state index contributed by atoms with van der Waals surface area (Å²) in [6.45, 7) is 2.75. The van der Waals surface area contributed by atoms with Gasteiger partial charge in [-0.05, 0) is 54.7 Å². The van der Waals surface area contributed by atoms with Crippen LogP contribution in [0, 0.1) is 0 Å². The van der Waals surface area contributed by atoms with Gasteiger partial charge in [-0.2, -0.15) is 0 Å². The highest BCUT2D eigenvalue weighted by Crippen LogP contribution is 2.39. The normalized spacial score (nSPS) is 12.4. The number of rotatable bonds is 4. The first kappa shape index (κ1) is 18.8. The Labute approximate surface area is 178 Å². The van der Waals surface area contributed by atoms with Crippen LogP contribution in [0.15, 0.2) is 59.4 Å². The molecular formula is C24H21N3O2S. The number of benzene rings is 2. The maximum atomic E-state index is 13.3. The van der Waals surface area contributed by atoms with E-state index in [9.17, 15) is 9.59 Å². The lowest BCUT2D eigenvalue weighted by Crippen LogP contribution is -2.31. The summed E-state index contributed by atoms with van der Waals surface area (Å²) in [4.78, 5) is 36.7. The van der Waals surface area contributed by atoms with Gasteiger partial charge in [0.2, 0.25) is 0 Å². The van der Waals surface area contributed by atoms with Crippen LogP contribution in [0.1, 0.15) is 33.5 Å². The monoisotopic (exact) mass is 415 g/mol. The van der Waals surface area contributed by atoms with Crippen molar-refractivity contribution in [1.82, 2.24) is 14.9 Å². The first-order valence-corrected chi connectivity index (χ1v) is 10.9. The lowest BCUT2D eigenvalue weighted by molar-refractivity contribution is 0.0753. The molecule has 30 heavy (non-hydrogen) atoms. The highest BCUT2D eigenvalue weighted by atomic mass is 32.1. The van der Waals surface area contributed by atoms with Gasteiger partial charge in [0.1, 0.15) is 5.82 Å². The number of nitrogens with one attached hydrogen (secondary N) is 1. The van der Waals surface area contributed by atoms with Gasteiger partial charge in [-0.1, -0.05) is 36.4 Å². The third-order valence-electron chi connectivity index (χ3n) is 5.62. The van der Waals surface area contributed by atoms with Crippen molar-refractivity contribution in [3.8, 4) is 10.4 Å². The number of aromatic amines is 1. The predicted octanol–water partition coefficient (Wildman–Crippen LogP) is 4.41. The molecule has 1 amide bonds. The van der Waals surface area contributed by atoms with Crippen molar-refractivity contribution in [2.45, 2.75) is 26.3 Å². The van der Waals surface area contributed by atoms with Crippen molar-refractivity contribution in [2.75, 3.05) is 6.54 Å². The zero-order valence-electron chi connectivity index (χ0n) is 16.6. The highest BCUT2D eigenvalue weighted by molar-refractivity contribution is 7.17. The van der Waals surface area contributed by atoms with E-state index >= 15 is 0 Å². The molecule has 0 saturated carbocycles. The van der Waals surface area contributed by atoms with E-state index in [4.69, 9.17) is 0 Å². The zero-order chi connectivity index (χ0) is 20.7. The van der Waals surface area contributed by atoms with Gasteiger partial charge >= 0.3 is 0 Å². The molecule has 0 saturated heterocycles. The van der Waals surface area contributed by atoms with Crippen molar-refractivity contribution in [3.05, 3.63) is 86.8 Å². The number of fused-ring (bicyclic) bond motifs is 4. The Morgan fingerprint density at radius 1 is 1.10 bits per heavy atom. The van der Waals surface area contributed by atoms with E-state index in [1.807, 2.05) is 31.2 Å². The summed E-state index contributed by atoms with van der Waals surface area (Å²) in [6, 6.07) is 17.7. The van der Waals surface area contributed by atoms with E-state index in [0.717, 1.165) is 17.7 Å². The van der Waals surface area contributed by atoms with Crippen molar-refractivity contribution in [1.29, 1.82) is 0 Å². The molecule has 6 heteroatoms. The van der Waals surface area contributed by atoms with Gasteiger partial charge in [-0.15, -0.1) is 11.3 Å². The van der Waals surface area contributed by atoms with E-state index < -0.39 is 0 Å². The number of para-hydroxylation sites is 1. The topological polar surface area (TPSA) is 66.1 Å². The van der Waals surface area contributed by atoms with Crippen LogP contribution < -0.4 is 5.56 Å².